The number of hydrogen-bond donors (Lipinski definition) is 3. The normalized spacial score (nSPS) is 14.8. The van der Waals surface area contributed by atoms with E-state index in [1.807, 2.05) is 0 Å². The smallest absolute Gasteiger partial charge is 0.462 e. The maximum Gasteiger partial charge on any atom is 0.472 e. The first-order chi connectivity index (χ1) is 44.7. The first kappa shape index (κ1) is 91.1. The van der Waals surface area contributed by atoms with Crippen LogP contribution in [0.15, 0.2) is 0 Å². The lowest BCUT2D eigenvalue weighted by Gasteiger charge is -2.21. The Balaban J connectivity index is 5.27. The second-order valence-corrected chi connectivity index (χ2v) is 31.0. The van der Waals surface area contributed by atoms with Crippen LogP contribution in [-0.2, 0) is 65.4 Å². The fourth-order valence-corrected chi connectivity index (χ4v) is 12.7. The molecule has 0 heterocycles. The third-order valence-corrected chi connectivity index (χ3v) is 19.7. The number of aliphatic hydroxyl groups excluding tert-OH is 1. The molecular formula is C74H144O17P2. The molecule has 0 saturated carbocycles. The summed E-state index contributed by atoms with van der Waals surface area (Å²) in [6.07, 6.45) is 47.1. The van der Waals surface area contributed by atoms with Crippen LogP contribution in [0, 0.1) is 23.7 Å². The lowest BCUT2D eigenvalue weighted by Crippen LogP contribution is -2.30. The van der Waals surface area contributed by atoms with Gasteiger partial charge in [-0.3, -0.25) is 37.3 Å². The van der Waals surface area contributed by atoms with E-state index in [4.69, 9.17) is 37.0 Å². The van der Waals surface area contributed by atoms with E-state index in [9.17, 15) is 43.2 Å². The summed E-state index contributed by atoms with van der Waals surface area (Å²) < 4.78 is 68.5. The molecule has 552 valence electrons. The molecule has 7 atom stereocenters. The zero-order valence-electron chi connectivity index (χ0n) is 60.9. The highest BCUT2D eigenvalue weighted by Crippen LogP contribution is 2.45. The number of ether oxygens (including phenoxy) is 4. The van der Waals surface area contributed by atoms with Crippen molar-refractivity contribution in [1.29, 1.82) is 0 Å². The summed E-state index contributed by atoms with van der Waals surface area (Å²) in [6.45, 7) is 14.2. The van der Waals surface area contributed by atoms with Crippen LogP contribution in [0.5, 0.6) is 0 Å². The summed E-state index contributed by atoms with van der Waals surface area (Å²) in [4.78, 5) is 72.7. The maximum absolute atomic E-state index is 13.1. The van der Waals surface area contributed by atoms with Crippen molar-refractivity contribution in [2.45, 2.75) is 388 Å². The van der Waals surface area contributed by atoms with Crippen LogP contribution in [0.2, 0.25) is 0 Å². The fourth-order valence-electron chi connectivity index (χ4n) is 11.1. The van der Waals surface area contributed by atoms with Gasteiger partial charge in [-0.2, -0.15) is 0 Å². The first-order valence-electron chi connectivity index (χ1n) is 38.3. The maximum atomic E-state index is 13.1. The Morgan fingerprint density at radius 2 is 0.516 bits per heavy atom. The van der Waals surface area contributed by atoms with Gasteiger partial charge in [0.05, 0.1) is 26.4 Å². The van der Waals surface area contributed by atoms with Crippen molar-refractivity contribution in [3.05, 3.63) is 0 Å². The topological polar surface area (TPSA) is 237 Å². The number of carbonyl (C=O) groups excluding carboxylic acids is 4. The molecule has 19 heteroatoms. The molecule has 0 fully saturated rings. The third kappa shape index (κ3) is 65.8. The van der Waals surface area contributed by atoms with Crippen molar-refractivity contribution in [2.75, 3.05) is 39.6 Å². The summed E-state index contributed by atoms with van der Waals surface area (Å²) in [5.41, 5.74) is 0. The standard InChI is InChI=1S/C74H144O17P2/c1-9-66(7)52-44-36-28-22-18-19-25-31-41-49-57-74(79)90-69(60-84-71(76)54-46-38-29-23-16-12-11-14-20-26-34-42-50-64(3)4)62-88-92(80,81)86-58-68(75)59-87-93(82,83)89-63-70(61-85-72(77)55-47-39-33-32-37-45-53-67(8)10-2)91-73(78)56-48-40-30-24-17-13-15-21-27-35-43-51-65(5)6/h64-70,75H,9-63H2,1-8H3,(H,80,81)(H,82,83)/t66?,67?,68-,69-,70-/m1/s1. The van der Waals surface area contributed by atoms with E-state index >= 15 is 0 Å². The number of aliphatic hydroxyl groups is 1. The molecule has 0 aliphatic rings. The molecule has 0 saturated heterocycles. The third-order valence-electron chi connectivity index (χ3n) is 17.8. The molecule has 0 aromatic rings. The Morgan fingerprint density at radius 1 is 0.301 bits per heavy atom. The minimum absolute atomic E-state index is 0.105. The molecule has 17 nitrogen and oxygen atoms in total. The summed E-state index contributed by atoms with van der Waals surface area (Å²) in [5.74, 6) is 0.957. The van der Waals surface area contributed by atoms with Crippen molar-refractivity contribution < 1.29 is 80.2 Å². The van der Waals surface area contributed by atoms with E-state index in [-0.39, 0.29) is 25.7 Å². The van der Waals surface area contributed by atoms with Crippen molar-refractivity contribution in [1.82, 2.24) is 0 Å². The van der Waals surface area contributed by atoms with Gasteiger partial charge in [-0.1, -0.05) is 319 Å². The molecule has 0 aliphatic carbocycles. The van der Waals surface area contributed by atoms with Crippen molar-refractivity contribution >= 4 is 39.5 Å². The van der Waals surface area contributed by atoms with Gasteiger partial charge in [0, 0.05) is 25.7 Å². The molecule has 0 rings (SSSR count). The van der Waals surface area contributed by atoms with Crippen LogP contribution < -0.4 is 0 Å². The number of phosphoric ester groups is 2. The monoisotopic (exact) mass is 1370 g/mol. The van der Waals surface area contributed by atoms with Gasteiger partial charge in [0.25, 0.3) is 0 Å². The van der Waals surface area contributed by atoms with Gasteiger partial charge >= 0.3 is 39.5 Å². The number of hydrogen-bond acceptors (Lipinski definition) is 15. The molecule has 93 heavy (non-hydrogen) atoms. The Labute approximate surface area is 568 Å². The quantitative estimate of drug-likeness (QED) is 0.0222. The molecule has 4 unspecified atom stereocenters. The highest BCUT2D eigenvalue weighted by molar-refractivity contribution is 7.47. The number of rotatable bonds is 71. The van der Waals surface area contributed by atoms with Crippen LogP contribution in [0.4, 0.5) is 0 Å². The van der Waals surface area contributed by atoms with E-state index in [0.29, 0.717) is 25.7 Å². The van der Waals surface area contributed by atoms with Crippen LogP contribution in [0.25, 0.3) is 0 Å². The lowest BCUT2D eigenvalue weighted by atomic mass is 9.99. The van der Waals surface area contributed by atoms with Crippen LogP contribution >= 0.6 is 15.6 Å². The summed E-state index contributed by atoms with van der Waals surface area (Å²) in [7, 11) is -9.91. The summed E-state index contributed by atoms with van der Waals surface area (Å²) in [5, 5.41) is 10.6. The Hall–Kier alpha value is -1.94. The van der Waals surface area contributed by atoms with E-state index in [1.54, 1.807) is 0 Å². The highest BCUT2D eigenvalue weighted by atomic mass is 31.2. The molecule has 0 amide bonds. The second-order valence-electron chi connectivity index (χ2n) is 28.1. The van der Waals surface area contributed by atoms with Gasteiger partial charge < -0.3 is 33.8 Å². The van der Waals surface area contributed by atoms with Crippen LogP contribution in [-0.4, -0.2) is 96.7 Å². The van der Waals surface area contributed by atoms with E-state index in [0.717, 1.165) is 120 Å². The fraction of sp³-hybridized carbons (Fsp3) is 0.946. The number of esters is 4. The summed E-state index contributed by atoms with van der Waals surface area (Å²) in [6, 6.07) is 0. The molecule has 0 aromatic carbocycles. The van der Waals surface area contributed by atoms with Gasteiger partial charge in [0.1, 0.15) is 19.3 Å². The average Bonchev–Trinajstić information content (AvgIpc) is 2.45. The lowest BCUT2D eigenvalue weighted by molar-refractivity contribution is -0.161. The van der Waals surface area contributed by atoms with Crippen molar-refractivity contribution in [3.8, 4) is 0 Å². The van der Waals surface area contributed by atoms with Crippen LogP contribution in [0.3, 0.4) is 0 Å². The van der Waals surface area contributed by atoms with Crippen LogP contribution in [0.1, 0.15) is 370 Å². The van der Waals surface area contributed by atoms with Gasteiger partial charge in [-0.05, 0) is 49.4 Å². The zero-order chi connectivity index (χ0) is 68.9. The molecule has 0 bridgehead atoms. The van der Waals surface area contributed by atoms with Gasteiger partial charge in [0.2, 0.25) is 0 Å². The number of unbranched alkanes of at least 4 members (excludes halogenated alkanes) is 35. The SMILES string of the molecule is CCC(C)CCCCCCCCCCCCC(=O)O[C@H](COC(=O)CCCCCCCCCCCCCCC(C)C)COP(=O)(O)OC[C@@H](O)COP(=O)(O)OC[C@@H](COC(=O)CCCCCCCCC(C)CC)OC(=O)CCCCCCCCCCCCCC(C)C. The zero-order valence-corrected chi connectivity index (χ0v) is 62.7. The average molecular weight is 1370 g/mol. The predicted octanol–water partition coefficient (Wildman–Crippen LogP) is 21.3. The molecule has 0 spiro atoms. The van der Waals surface area contributed by atoms with Gasteiger partial charge in [0.15, 0.2) is 12.2 Å². The number of phosphoric acid groups is 2. The largest absolute Gasteiger partial charge is 0.472 e. The molecule has 0 aromatic heterocycles. The van der Waals surface area contributed by atoms with Crippen molar-refractivity contribution in [3.63, 3.8) is 0 Å². The molecule has 3 N–H and O–H groups in total. The number of carbonyl (C=O) groups is 4. The Bertz CT molecular complexity index is 1840. The molecular weight excluding hydrogens is 1220 g/mol. The molecule has 0 radical (unpaired) electrons. The molecule has 0 aliphatic heterocycles. The predicted molar refractivity (Wildman–Crippen MR) is 377 cm³/mol. The Morgan fingerprint density at radius 3 is 0.763 bits per heavy atom. The van der Waals surface area contributed by atoms with Crippen molar-refractivity contribution in [2.24, 2.45) is 23.7 Å². The van der Waals surface area contributed by atoms with Gasteiger partial charge in [-0.25, -0.2) is 9.13 Å². The second kappa shape index (κ2) is 63.5. The van der Waals surface area contributed by atoms with E-state index in [1.165, 1.54) is 167 Å². The van der Waals surface area contributed by atoms with Gasteiger partial charge in [-0.15, -0.1) is 0 Å². The summed E-state index contributed by atoms with van der Waals surface area (Å²) >= 11 is 0. The Kier molecular flexibility index (Phi) is 62.2. The minimum atomic E-state index is -4.96. The first-order valence-corrected chi connectivity index (χ1v) is 41.3. The van der Waals surface area contributed by atoms with E-state index < -0.39 is 97.5 Å². The van der Waals surface area contributed by atoms with E-state index in [2.05, 4.69) is 55.4 Å². The minimum Gasteiger partial charge on any atom is -0.462 e. The highest BCUT2D eigenvalue weighted by Gasteiger charge is 2.30.